The molecule has 0 aromatic rings. The molecule has 1 heterocycles. The molecule has 0 saturated carbocycles. The van der Waals surface area contributed by atoms with Crippen LogP contribution < -0.4 is 5.32 Å². The summed E-state index contributed by atoms with van der Waals surface area (Å²) in [6, 6.07) is 0. The molecule has 1 unspecified atom stereocenters. The van der Waals surface area contributed by atoms with Gasteiger partial charge in [-0.2, -0.15) is 0 Å². The maximum atomic E-state index is 12.3. The van der Waals surface area contributed by atoms with E-state index >= 15 is 0 Å². The maximum Gasteiger partial charge on any atom is 0.222 e. The largest absolute Gasteiger partial charge is 0.343 e. The van der Waals surface area contributed by atoms with Gasteiger partial charge in [0.1, 0.15) is 0 Å². The molecule has 0 radical (unpaired) electrons. The lowest BCUT2D eigenvalue weighted by Gasteiger charge is -2.29. The van der Waals surface area contributed by atoms with E-state index in [0.29, 0.717) is 17.7 Å². The summed E-state index contributed by atoms with van der Waals surface area (Å²) in [6.07, 6.45) is 5.51. The van der Waals surface area contributed by atoms with Crippen molar-refractivity contribution in [2.45, 2.75) is 52.9 Å². The van der Waals surface area contributed by atoms with Gasteiger partial charge in [0.05, 0.1) is 0 Å². The highest BCUT2D eigenvalue weighted by atomic mass is 16.2. The number of nitrogens with one attached hydrogen (secondary N) is 1. The molecule has 0 aliphatic carbocycles. The Labute approximate surface area is 112 Å². The number of nitrogens with zero attached hydrogens (tertiary/aromatic N) is 1. The highest BCUT2D eigenvalue weighted by molar-refractivity contribution is 5.76. The summed E-state index contributed by atoms with van der Waals surface area (Å²) < 4.78 is 0. The van der Waals surface area contributed by atoms with Gasteiger partial charge in [-0.15, -0.1) is 0 Å². The summed E-state index contributed by atoms with van der Waals surface area (Å²) >= 11 is 0. The molecule has 1 saturated heterocycles. The second kappa shape index (κ2) is 8.52. The predicted octanol–water partition coefficient (Wildman–Crippen LogP) is 2.66. The smallest absolute Gasteiger partial charge is 0.222 e. The van der Waals surface area contributed by atoms with Crippen LogP contribution in [0.1, 0.15) is 52.9 Å². The summed E-state index contributed by atoms with van der Waals surface area (Å²) in [5.41, 5.74) is 0. The van der Waals surface area contributed by atoms with Crippen molar-refractivity contribution in [3.63, 3.8) is 0 Å². The Bertz CT molecular complexity index is 233. The molecule has 0 spiro atoms. The Morgan fingerprint density at radius 1 is 1.33 bits per heavy atom. The first-order valence-electron chi connectivity index (χ1n) is 7.69. The van der Waals surface area contributed by atoms with Crippen LogP contribution in [0, 0.1) is 11.8 Å². The summed E-state index contributed by atoms with van der Waals surface area (Å²) in [7, 11) is 0. The topological polar surface area (TPSA) is 32.3 Å². The third-order valence-electron chi connectivity index (χ3n) is 4.23. The fourth-order valence-electron chi connectivity index (χ4n) is 2.74. The zero-order valence-electron chi connectivity index (χ0n) is 12.4. The van der Waals surface area contributed by atoms with Gasteiger partial charge < -0.3 is 10.2 Å². The molecule has 0 aromatic heterocycles. The molecule has 1 rings (SSSR count). The molecule has 1 amide bonds. The molecule has 106 valence electrons. The highest BCUT2D eigenvalue weighted by Crippen LogP contribution is 2.17. The second-order valence-corrected chi connectivity index (χ2v) is 5.53. The molecule has 18 heavy (non-hydrogen) atoms. The van der Waals surface area contributed by atoms with Crippen LogP contribution in [0.3, 0.4) is 0 Å². The Morgan fingerprint density at radius 2 is 2.06 bits per heavy atom. The van der Waals surface area contributed by atoms with Gasteiger partial charge in [-0.05, 0) is 44.7 Å². The number of hydrogen-bond acceptors (Lipinski definition) is 2. The molecular formula is C15H30N2O. The number of rotatable bonds is 7. The Kier molecular flexibility index (Phi) is 7.33. The highest BCUT2D eigenvalue weighted by Gasteiger charge is 2.21. The first-order valence-corrected chi connectivity index (χ1v) is 7.69. The van der Waals surface area contributed by atoms with Gasteiger partial charge in [0.2, 0.25) is 5.91 Å². The van der Waals surface area contributed by atoms with Gasteiger partial charge in [0.15, 0.2) is 0 Å². The van der Waals surface area contributed by atoms with Crippen molar-refractivity contribution in [1.82, 2.24) is 10.2 Å². The van der Waals surface area contributed by atoms with Gasteiger partial charge in [0, 0.05) is 19.5 Å². The normalized spacial score (nSPS) is 20.1. The van der Waals surface area contributed by atoms with E-state index in [2.05, 4.69) is 31.0 Å². The molecule has 0 bridgehead atoms. The van der Waals surface area contributed by atoms with E-state index in [1.54, 1.807) is 0 Å². The number of carbonyl (C=O) groups excluding carboxylic acids is 1. The molecule has 1 fully saturated rings. The van der Waals surface area contributed by atoms with Crippen molar-refractivity contribution in [3.05, 3.63) is 0 Å². The Hall–Kier alpha value is -0.570. The summed E-state index contributed by atoms with van der Waals surface area (Å²) in [6.45, 7) is 10.5. The zero-order chi connectivity index (χ0) is 13.4. The van der Waals surface area contributed by atoms with Crippen molar-refractivity contribution >= 4 is 5.91 Å². The molecule has 1 aliphatic rings. The first kappa shape index (κ1) is 15.5. The number of piperidine rings is 1. The molecule has 1 N–H and O–H groups in total. The van der Waals surface area contributed by atoms with E-state index in [-0.39, 0.29) is 0 Å². The quantitative estimate of drug-likeness (QED) is 0.757. The average molecular weight is 254 g/mol. The fraction of sp³-hybridized carbons (Fsp3) is 0.933. The lowest BCUT2D eigenvalue weighted by atomic mass is 9.95. The number of hydrogen-bond donors (Lipinski definition) is 1. The van der Waals surface area contributed by atoms with Crippen molar-refractivity contribution in [2.24, 2.45) is 11.8 Å². The van der Waals surface area contributed by atoms with E-state index in [9.17, 15) is 4.79 Å². The average Bonchev–Trinajstić information content (AvgIpc) is 2.41. The summed E-state index contributed by atoms with van der Waals surface area (Å²) in [4.78, 5) is 14.4. The van der Waals surface area contributed by atoms with Crippen LogP contribution >= 0.6 is 0 Å². The van der Waals surface area contributed by atoms with Gasteiger partial charge in [-0.3, -0.25) is 4.79 Å². The maximum absolute atomic E-state index is 12.3. The lowest BCUT2D eigenvalue weighted by molar-refractivity contribution is -0.132. The van der Waals surface area contributed by atoms with Crippen molar-refractivity contribution in [2.75, 3.05) is 26.2 Å². The standard InChI is InChI=1S/C15H30N2O/c1-4-13(5-2)12-17(6-3)15(18)10-14-8-7-9-16-11-14/h13-14,16H,4-12H2,1-3H3. The van der Waals surface area contributed by atoms with Crippen LogP contribution in [0.2, 0.25) is 0 Å². The van der Waals surface area contributed by atoms with E-state index in [1.807, 2.05) is 0 Å². The minimum Gasteiger partial charge on any atom is -0.343 e. The molecular weight excluding hydrogens is 224 g/mol. The number of carbonyl (C=O) groups is 1. The summed E-state index contributed by atoms with van der Waals surface area (Å²) in [5.74, 6) is 1.58. The van der Waals surface area contributed by atoms with Crippen LogP contribution in [0.15, 0.2) is 0 Å². The predicted molar refractivity (Wildman–Crippen MR) is 76.5 cm³/mol. The van der Waals surface area contributed by atoms with Gasteiger partial charge >= 0.3 is 0 Å². The van der Waals surface area contributed by atoms with Crippen LogP contribution in [-0.4, -0.2) is 37.0 Å². The van der Waals surface area contributed by atoms with E-state index in [1.165, 1.54) is 25.7 Å². The number of amides is 1. The van der Waals surface area contributed by atoms with E-state index in [0.717, 1.165) is 32.6 Å². The van der Waals surface area contributed by atoms with E-state index in [4.69, 9.17) is 0 Å². The van der Waals surface area contributed by atoms with Crippen LogP contribution in [0.25, 0.3) is 0 Å². The molecule has 3 heteroatoms. The van der Waals surface area contributed by atoms with Crippen molar-refractivity contribution in [1.29, 1.82) is 0 Å². The van der Waals surface area contributed by atoms with Crippen LogP contribution in [0.5, 0.6) is 0 Å². The van der Waals surface area contributed by atoms with Crippen molar-refractivity contribution < 1.29 is 4.79 Å². The Balaban J connectivity index is 2.40. The third kappa shape index (κ3) is 4.97. The lowest BCUT2D eigenvalue weighted by Crippen LogP contribution is -2.38. The first-order chi connectivity index (χ1) is 8.71. The molecule has 3 nitrogen and oxygen atoms in total. The fourth-order valence-corrected chi connectivity index (χ4v) is 2.74. The second-order valence-electron chi connectivity index (χ2n) is 5.53. The molecule has 1 aliphatic heterocycles. The monoisotopic (exact) mass is 254 g/mol. The van der Waals surface area contributed by atoms with Crippen LogP contribution in [0.4, 0.5) is 0 Å². The summed E-state index contributed by atoms with van der Waals surface area (Å²) in [5, 5.41) is 3.39. The third-order valence-corrected chi connectivity index (χ3v) is 4.23. The van der Waals surface area contributed by atoms with Gasteiger partial charge in [-0.25, -0.2) is 0 Å². The zero-order valence-corrected chi connectivity index (χ0v) is 12.4. The van der Waals surface area contributed by atoms with Gasteiger partial charge in [0.25, 0.3) is 0 Å². The van der Waals surface area contributed by atoms with Crippen LogP contribution in [-0.2, 0) is 4.79 Å². The molecule has 1 atom stereocenters. The molecule has 0 aromatic carbocycles. The van der Waals surface area contributed by atoms with Gasteiger partial charge in [-0.1, -0.05) is 26.7 Å². The SMILES string of the molecule is CCC(CC)CN(CC)C(=O)CC1CCCNC1. The minimum absolute atomic E-state index is 0.359. The minimum atomic E-state index is 0.359. The van der Waals surface area contributed by atoms with E-state index < -0.39 is 0 Å². The Morgan fingerprint density at radius 3 is 2.56 bits per heavy atom. The van der Waals surface area contributed by atoms with Crippen molar-refractivity contribution in [3.8, 4) is 0 Å².